The van der Waals surface area contributed by atoms with Crippen molar-refractivity contribution >= 4 is 8.32 Å². The zero-order valence-electron chi connectivity index (χ0n) is 15.6. The number of hydrogen-bond acceptors (Lipinski definition) is 4. The van der Waals surface area contributed by atoms with E-state index in [1.54, 1.807) is 20.8 Å². The molecule has 0 aliphatic carbocycles. The van der Waals surface area contributed by atoms with Gasteiger partial charge in [0.25, 0.3) is 0 Å². The largest absolute Gasteiger partial charge is 0.433 e. The van der Waals surface area contributed by atoms with Gasteiger partial charge in [0.2, 0.25) is 0 Å². The second kappa shape index (κ2) is 23.0. The molecule has 0 rings (SSSR count). The molecule has 0 saturated carbocycles. The van der Waals surface area contributed by atoms with Crippen LogP contribution in [0.5, 0.6) is 0 Å². The second-order valence-electron chi connectivity index (χ2n) is 5.94. The van der Waals surface area contributed by atoms with Gasteiger partial charge in [0.1, 0.15) is 0 Å². The molecule has 0 aromatic carbocycles. The van der Waals surface area contributed by atoms with Crippen LogP contribution in [0.1, 0.15) is 60.8 Å². The van der Waals surface area contributed by atoms with E-state index in [1.807, 2.05) is 40.4 Å². The third kappa shape index (κ3) is 160. The van der Waals surface area contributed by atoms with Gasteiger partial charge < -0.3 is 20.1 Å². The number of hydrogen-bond donors (Lipinski definition) is 4. The second-order valence-corrected chi connectivity index (χ2v) is 10.3. The molecular weight excluding hydrogens is 320 g/mol. The molecule has 132 valence electrons. The van der Waals surface area contributed by atoms with E-state index >= 15 is 0 Å². The van der Waals surface area contributed by atoms with E-state index in [0.29, 0.717) is 0 Å². The van der Waals surface area contributed by atoms with E-state index < -0.39 is 8.32 Å². The SMILES string of the molecule is CCC(C)O.CCC(C)O.CCC(C)O.C[Si](C)(C)O.[Ti]. The van der Waals surface area contributed by atoms with Crippen LogP contribution in [0.3, 0.4) is 0 Å². The van der Waals surface area contributed by atoms with Crippen molar-refractivity contribution < 1.29 is 41.8 Å². The molecule has 0 spiro atoms. The monoisotopic (exact) mass is 360 g/mol. The zero-order chi connectivity index (χ0) is 17.4. The maximum atomic E-state index is 8.66. The van der Waals surface area contributed by atoms with Crippen molar-refractivity contribution in [1.29, 1.82) is 0 Å². The molecule has 3 unspecified atom stereocenters. The van der Waals surface area contributed by atoms with Crippen LogP contribution in [0.25, 0.3) is 0 Å². The normalized spacial score (nSPS) is 13.6. The van der Waals surface area contributed by atoms with Crippen molar-refractivity contribution in [1.82, 2.24) is 0 Å². The van der Waals surface area contributed by atoms with Crippen LogP contribution in [-0.4, -0.2) is 46.7 Å². The average Bonchev–Trinajstić information content (AvgIpc) is 2.28. The first-order chi connectivity index (χ1) is 8.81. The van der Waals surface area contributed by atoms with E-state index in [1.165, 1.54) is 0 Å². The molecule has 0 aromatic rings. The van der Waals surface area contributed by atoms with Crippen LogP contribution < -0.4 is 0 Å². The minimum atomic E-state index is -1.61. The Bertz CT molecular complexity index is 135. The first-order valence-electron chi connectivity index (χ1n) is 7.58. The van der Waals surface area contributed by atoms with Crippen LogP contribution in [0.15, 0.2) is 0 Å². The van der Waals surface area contributed by atoms with Gasteiger partial charge in [-0.15, -0.1) is 0 Å². The van der Waals surface area contributed by atoms with E-state index in [0.717, 1.165) is 19.3 Å². The first kappa shape index (κ1) is 33.4. The Morgan fingerprint density at radius 3 is 0.714 bits per heavy atom. The first-order valence-corrected chi connectivity index (χ1v) is 11.0. The molecule has 0 aliphatic rings. The summed E-state index contributed by atoms with van der Waals surface area (Å²) in [5.41, 5.74) is 0. The molecule has 0 radical (unpaired) electrons. The molecule has 6 heteroatoms. The Hall–Kier alpha value is 0.771. The Morgan fingerprint density at radius 1 is 0.667 bits per heavy atom. The van der Waals surface area contributed by atoms with Gasteiger partial charge in [-0.25, -0.2) is 0 Å². The Balaban J connectivity index is -0.0000000533. The molecule has 4 nitrogen and oxygen atoms in total. The molecule has 0 saturated heterocycles. The molecule has 21 heavy (non-hydrogen) atoms. The van der Waals surface area contributed by atoms with Crippen LogP contribution in [-0.2, 0) is 21.7 Å². The van der Waals surface area contributed by atoms with Crippen molar-refractivity contribution in [3.8, 4) is 0 Å². The molecule has 0 aromatic heterocycles. The quantitative estimate of drug-likeness (QED) is 0.583. The maximum absolute atomic E-state index is 8.66. The van der Waals surface area contributed by atoms with Crippen LogP contribution >= 0.6 is 0 Å². The van der Waals surface area contributed by atoms with E-state index in [9.17, 15) is 0 Å². The summed E-state index contributed by atoms with van der Waals surface area (Å²) in [4.78, 5) is 8.66. The Kier molecular flexibility index (Phi) is 36.6. The van der Waals surface area contributed by atoms with Crippen molar-refractivity contribution in [2.75, 3.05) is 0 Å². The van der Waals surface area contributed by atoms with Crippen LogP contribution in [0.2, 0.25) is 19.6 Å². The summed E-state index contributed by atoms with van der Waals surface area (Å²) in [5.74, 6) is 0. The van der Waals surface area contributed by atoms with Crippen LogP contribution in [0, 0.1) is 0 Å². The van der Waals surface area contributed by atoms with Gasteiger partial charge in [0, 0.05) is 21.7 Å². The molecule has 0 fully saturated rings. The molecule has 3 atom stereocenters. The smallest absolute Gasteiger partial charge is 0.179 e. The summed E-state index contributed by atoms with van der Waals surface area (Å²) in [6.07, 6.45) is 2.24. The summed E-state index contributed by atoms with van der Waals surface area (Å²) in [6.45, 7) is 16.8. The minimum Gasteiger partial charge on any atom is -0.433 e. The standard InChI is InChI=1S/3C4H10O.C3H10OSi.Ti/c3*1-3-4(2)5;1-5(2,3)4;/h3*4-5H,3H2,1-2H3;4H,1-3H3;. The third-order valence-corrected chi connectivity index (χ3v) is 1.77. The summed E-state index contributed by atoms with van der Waals surface area (Å²) in [5, 5.41) is 25.1. The maximum Gasteiger partial charge on any atom is 0.179 e. The number of aliphatic hydroxyl groups is 3. The predicted molar refractivity (Wildman–Crippen MR) is 91.5 cm³/mol. The zero-order valence-corrected chi connectivity index (χ0v) is 18.2. The molecule has 0 heterocycles. The van der Waals surface area contributed by atoms with Gasteiger partial charge in [0.15, 0.2) is 8.32 Å². The van der Waals surface area contributed by atoms with E-state index in [4.69, 9.17) is 20.1 Å². The fraction of sp³-hybridized carbons (Fsp3) is 1.00. The summed E-state index contributed by atoms with van der Waals surface area (Å²) in [6, 6.07) is 0. The van der Waals surface area contributed by atoms with Gasteiger partial charge in [-0.2, -0.15) is 0 Å². The number of aliphatic hydroxyl groups excluding tert-OH is 3. The fourth-order valence-electron chi connectivity index (χ4n) is 0. The number of rotatable bonds is 3. The van der Waals surface area contributed by atoms with Crippen molar-refractivity contribution in [3.05, 3.63) is 0 Å². The molecule has 0 aliphatic heterocycles. The van der Waals surface area contributed by atoms with Crippen molar-refractivity contribution in [3.63, 3.8) is 0 Å². The topological polar surface area (TPSA) is 80.9 Å². The van der Waals surface area contributed by atoms with Gasteiger partial charge in [-0.3, -0.25) is 0 Å². The average molecular weight is 360 g/mol. The fourth-order valence-corrected chi connectivity index (χ4v) is 0. The van der Waals surface area contributed by atoms with Crippen molar-refractivity contribution in [2.45, 2.75) is 98.8 Å². The van der Waals surface area contributed by atoms with Gasteiger partial charge in [-0.05, 0) is 59.7 Å². The predicted octanol–water partition coefficient (Wildman–Crippen LogP) is 3.14. The van der Waals surface area contributed by atoms with E-state index in [-0.39, 0.29) is 40.0 Å². The summed E-state index contributed by atoms with van der Waals surface area (Å²) < 4.78 is 0. The Labute approximate surface area is 149 Å². The van der Waals surface area contributed by atoms with Crippen LogP contribution in [0.4, 0.5) is 0 Å². The summed E-state index contributed by atoms with van der Waals surface area (Å²) in [7, 11) is -1.61. The Morgan fingerprint density at radius 2 is 0.714 bits per heavy atom. The molecule has 0 bridgehead atoms. The van der Waals surface area contributed by atoms with E-state index in [2.05, 4.69) is 0 Å². The van der Waals surface area contributed by atoms with Gasteiger partial charge >= 0.3 is 0 Å². The molecular formula is C15H40O4SiTi. The van der Waals surface area contributed by atoms with Gasteiger partial charge in [-0.1, -0.05) is 20.8 Å². The minimum absolute atomic E-state index is 0. The van der Waals surface area contributed by atoms with Gasteiger partial charge in [0.05, 0.1) is 18.3 Å². The molecule has 0 amide bonds. The molecule has 4 N–H and O–H groups in total. The van der Waals surface area contributed by atoms with Crippen molar-refractivity contribution in [2.24, 2.45) is 0 Å². The third-order valence-electron chi connectivity index (χ3n) is 1.77. The summed E-state index contributed by atoms with van der Waals surface area (Å²) >= 11 is 0.